The zero-order valence-corrected chi connectivity index (χ0v) is 8.44. The van der Waals surface area contributed by atoms with E-state index in [9.17, 15) is 0 Å². The largest absolute Gasteiger partial charge is 0.461 e. The summed E-state index contributed by atoms with van der Waals surface area (Å²) in [5, 5.41) is 1.03. The standard InChI is InChI=1S/C11H10OS/c1-7-3-4-10-9(5-7)11(13)6-8(2)12-10/h3-6H,1-2H3. The van der Waals surface area contributed by atoms with Crippen molar-refractivity contribution in [2.24, 2.45) is 0 Å². The molecule has 0 N–H and O–H groups in total. The van der Waals surface area contributed by atoms with Crippen LogP contribution >= 0.6 is 12.2 Å². The Morgan fingerprint density at radius 1 is 1.15 bits per heavy atom. The van der Waals surface area contributed by atoms with Crippen LogP contribution in [0.5, 0.6) is 0 Å². The molecule has 13 heavy (non-hydrogen) atoms. The van der Waals surface area contributed by atoms with E-state index in [1.807, 2.05) is 32.0 Å². The Morgan fingerprint density at radius 3 is 2.69 bits per heavy atom. The lowest BCUT2D eigenvalue weighted by atomic mass is 10.1. The molecule has 0 bridgehead atoms. The summed E-state index contributed by atoms with van der Waals surface area (Å²) in [6, 6.07) is 7.94. The highest BCUT2D eigenvalue weighted by Crippen LogP contribution is 2.18. The first-order valence-electron chi connectivity index (χ1n) is 4.18. The molecular weight excluding hydrogens is 180 g/mol. The minimum atomic E-state index is 0.862. The van der Waals surface area contributed by atoms with Crippen LogP contribution in [0.1, 0.15) is 11.3 Å². The normalized spacial score (nSPS) is 10.6. The van der Waals surface area contributed by atoms with Crippen molar-refractivity contribution >= 4 is 23.2 Å². The smallest absolute Gasteiger partial charge is 0.135 e. The van der Waals surface area contributed by atoms with Crippen LogP contribution in [0.4, 0.5) is 0 Å². The van der Waals surface area contributed by atoms with Crippen molar-refractivity contribution in [3.05, 3.63) is 40.1 Å². The topological polar surface area (TPSA) is 13.1 Å². The lowest BCUT2D eigenvalue weighted by molar-refractivity contribution is 0.565. The van der Waals surface area contributed by atoms with E-state index < -0.39 is 0 Å². The summed E-state index contributed by atoms with van der Waals surface area (Å²) in [6.45, 7) is 3.96. The molecule has 2 heteroatoms. The predicted octanol–water partition coefficient (Wildman–Crippen LogP) is 3.78. The van der Waals surface area contributed by atoms with Gasteiger partial charge in [-0.2, -0.15) is 0 Å². The van der Waals surface area contributed by atoms with Crippen LogP contribution in [-0.4, -0.2) is 0 Å². The molecular formula is C11H10OS. The van der Waals surface area contributed by atoms with Gasteiger partial charge >= 0.3 is 0 Å². The summed E-state index contributed by atoms with van der Waals surface area (Å²) >= 11 is 5.24. The third-order valence-corrected chi connectivity index (χ3v) is 2.34. The maximum Gasteiger partial charge on any atom is 0.135 e. The average Bonchev–Trinajstić information content (AvgIpc) is 2.06. The highest BCUT2D eigenvalue weighted by molar-refractivity contribution is 7.71. The molecule has 0 fully saturated rings. The van der Waals surface area contributed by atoms with Gasteiger partial charge in [0.2, 0.25) is 0 Å². The van der Waals surface area contributed by atoms with Crippen molar-refractivity contribution in [1.82, 2.24) is 0 Å². The second-order valence-electron chi connectivity index (χ2n) is 3.22. The van der Waals surface area contributed by atoms with Crippen molar-refractivity contribution in [3.63, 3.8) is 0 Å². The number of hydrogen-bond donors (Lipinski definition) is 0. The van der Waals surface area contributed by atoms with Crippen LogP contribution in [0, 0.1) is 18.4 Å². The molecule has 0 aliphatic carbocycles. The minimum absolute atomic E-state index is 0.862. The second kappa shape index (κ2) is 2.96. The van der Waals surface area contributed by atoms with Gasteiger partial charge in [0.25, 0.3) is 0 Å². The molecule has 1 aromatic carbocycles. The summed E-state index contributed by atoms with van der Waals surface area (Å²) in [7, 11) is 0. The van der Waals surface area contributed by atoms with Gasteiger partial charge in [-0.05, 0) is 32.0 Å². The lowest BCUT2D eigenvalue weighted by Gasteiger charge is -2.00. The number of rotatable bonds is 0. The highest BCUT2D eigenvalue weighted by Gasteiger charge is 1.98. The molecule has 66 valence electrons. The van der Waals surface area contributed by atoms with E-state index in [-0.39, 0.29) is 0 Å². The minimum Gasteiger partial charge on any atom is -0.461 e. The maximum atomic E-state index is 5.53. The fourth-order valence-electron chi connectivity index (χ4n) is 1.39. The Bertz CT molecular complexity index is 511. The van der Waals surface area contributed by atoms with Crippen LogP contribution in [0.15, 0.2) is 28.7 Å². The van der Waals surface area contributed by atoms with Crippen molar-refractivity contribution in [3.8, 4) is 0 Å². The van der Waals surface area contributed by atoms with E-state index in [1.54, 1.807) is 0 Å². The first-order chi connectivity index (χ1) is 6.16. The highest BCUT2D eigenvalue weighted by atomic mass is 32.1. The summed E-state index contributed by atoms with van der Waals surface area (Å²) in [4.78, 5) is 0. The molecule has 0 atom stereocenters. The Morgan fingerprint density at radius 2 is 1.92 bits per heavy atom. The molecule has 0 radical (unpaired) electrons. The van der Waals surface area contributed by atoms with Gasteiger partial charge < -0.3 is 4.42 Å². The van der Waals surface area contributed by atoms with Crippen molar-refractivity contribution in [2.75, 3.05) is 0 Å². The summed E-state index contributed by atoms with van der Waals surface area (Å²) in [6.07, 6.45) is 0. The third kappa shape index (κ3) is 1.49. The molecule has 0 aliphatic rings. The van der Waals surface area contributed by atoms with Crippen LogP contribution in [-0.2, 0) is 0 Å². The van der Waals surface area contributed by atoms with Gasteiger partial charge in [-0.25, -0.2) is 0 Å². The maximum absolute atomic E-state index is 5.53. The molecule has 2 aromatic rings. The zero-order valence-electron chi connectivity index (χ0n) is 7.63. The summed E-state index contributed by atoms with van der Waals surface area (Å²) in [5.74, 6) is 0.862. The molecule has 0 aliphatic heterocycles. The lowest BCUT2D eigenvalue weighted by Crippen LogP contribution is -1.79. The summed E-state index contributed by atoms with van der Waals surface area (Å²) < 4.78 is 6.39. The molecule has 0 unspecified atom stereocenters. The molecule has 0 spiro atoms. The Balaban J connectivity index is 2.95. The number of fused-ring (bicyclic) bond motifs is 1. The predicted molar refractivity (Wildman–Crippen MR) is 56.5 cm³/mol. The van der Waals surface area contributed by atoms with Gasteiger partial charge in [0.15, 0.2) is 0 Å². The van der Waals surface area contributed by atoms with E-state index in [4.69, 9.17) is 16.6 Å². The number of hydrogen-bond acceptors (Lipinski definition) is 2. The van der Waals surface area contributed by atoms with E-state index >= 15 is 0 Å². The van der Waals surface area contributed by atoms with Crippen molar-refractivity contribution in [1.29, 1.82) is 0 Å². The molecule has 2 rings (SSSR count). The van der Waals surface area contributed by atoms with Crippen molar-refractivity contribution in [2.45, 2.75) is 13.8 Å². The second-order valence-corrected chi connectivity index (χ2v) is 3.66. The van der Waals surface area contributed by atoms with E-state index in [0.29, 0.717) is 0 Å². The van der Waals surface area contributed by atoms with Gasteiger partial charge in [-0.1, -0.05) is 23.8 Å². The fraction of sp³-hybridized carbons (Fsp3) is 0.182. The zero-order chi connectivity index (χ0) is 9.42. The Hall–Kier alpha value is -1.15. The number of aryl methyl sites for hydroxylation is 2. The Labute approximate surface area is 82.0 Å². The fourth-order valence-corrected chi connectivity index (χ4v) is 1.72. The van der Waals surface area contributed by atoms with Gasteiger partial charge in [0, 0.05) is 5.39 Å². The first kappa shape index (κ1) is 8.45. The van der Waals surface area contributed by atoms with Crippen LogP contribution in [0.25, 0.3) is 11.0 Å². The van der Waals surface area contributed by atoms with Gasteiger partial charge in [-0.3, -0.25) is 0 Å². The molecule has 1 nitrogen and oxygen atoms in total. The molecule has 1 aromatic heterocycles. The monoisotopic (exact) mass is 190 g/mol. The first-order valence-corrected chi connectivity index (χ1v) is 4.59. The third-order valence-electron chi connectivity index (χ3n) is 2.01. The Kier molecular flexibility index (Phi) is 1.93. The van der Waals surface area contributed by atoms with E-state index in [0.717, 1.165) is 21.2 Å². The van der Waals surface area contributed by atoms with E-state index in [2.05, 4.69) is 6.07 Å². The molecule has 0 saturated carbocycles. The molecule has 0 amide bonds. The SMILES string of the molecule is Cc1ccc2oc(C)cc(=S)c2c1. The number of benzene rings is 1. The summed E-state index contributed by atoms with van der Waals surface area (Å²) in [5.41, 5.74) is 2.08. The molecule has 1 heterocycles. The van der Waals surface area contributed by atoms with Gasteiger partial charge in [-0.15, -0.1) is 0 Å². The van der Waals surface area contributed by atoms with Gasteiger partial charge in [0.05, 0.1) is 4.51 Å². The van der Waals surface area contributed by atoms with E-state index in [1.165, 1.54) is 5.56 Å². The van der Waals surface area contributed by atoms with Gasteiger partial charge in [0.1, 0.15) is 11.3 Å². The average molecular weight is 190 g/mol. The van der Waals surface area contributed by atoms with Crippen LogP contribution in [0.2, 0.25) is 0 Å². The molecule has 0 saturated heterocycles. The van der Waals surface area contributed by atoms with Crippen LogP contribution < -0.4 is 0 Å². The quantitative estimate of drug-likeness (QED) is 0.586. The van der Waals surface area contributed by atoms with Crippen LogP contribution in [0.3, 0.4) is 0 Å². The van der Waals surface area contributed by atoms with Crippen molar-refractivity contribution < 1.29 is 4.42 Å².